The van der Waals surface area contributed by atoms with Crippen molar-refractivity contribution in [3.8, 4) is 0 Å². The lowest BCUT2D eigenvalue weighted by Crippen LogP contribution is -1.89. The van der Waals surface area contributed by atoms with Crippen LogP contribution in [0.4, 0.5) is 5.82 Å². The molecule has 0 saturated heterocycles. The molecular formula is C7H11N3. The Labute approximate surface area is 59.6 Å². The van der Waals surface area contributed by atoms with Crippen LogP contribution in [0.1, 0.15) is 30.0 Å². The summed E-state index contributed by atoms with van der Waals surface area (Å²) in [6.45, 7) is 2.02. The van der Waals surface area contributed by atoms with Crippen molar-refractivity contribution < 1.29 is 0 Å². The molecule has 3 nitrogen and oxygen atoms in total. The highest BCUT2D eigenvalue weighted by atomic mass is 15.2. The number of H-pyrrole nitrogens is 1. The maximum absolute atomic E-state index is 5.64. The summed E-state index contributed by atoms with van der Waals surface area (Å²) in [5, 5.41) is 6.81. The predicted octanol–water partition coefficient (Wildman–Crippen LogP) is 1.18. The van der Waals surface area contributed by atoms with Crippen molar-refractivity contribution in [3.05, 3.63) is 11.3 Å². The van der Waals surface area contributed by atoms with Gasteiger partial charge in [0, 0.05) is 11.3 Å². The lowest BCUT2D eigenvalue weighted by molar-refractivity contribution is 1.04. The fourth-order valence-electron chi connectivity index (χ4n) is 1.34. The van der Waals surface area contributed by atoms with E-state index in [4.69, 9.17) is 5.73 Å². The van der Waals surface area contributed by atoms with E-state index in [9.17, 15) is 0 Å². The molecule has 0 amide bonds. The topological polar surface area (TPSA) is 54.7 Å². The van der Waals surface area contributed by atoms with Gasteiger partial charge in [-0.1, -0.05) is 0 Å². The SMILES string of the molecule is Cc1[nH]nc(N)c1C1CC1. The number of hydrogen-bond acceptors (Lipinski definition) is 2. The lowest BCUT2D eigenvalue weighted by atomic mass is 10.1. The zero-order chi connectivity index (χ0) is 7.14. The molecular weight excluding hydrogens is 126 g/mol. The predicted molar refractivity (Wildman–Crippen MR) is 39.7 cm³/mol. The van der Waals surface area contributed by atoms with Crippen molar-refractivity contribution in [3.63, 3.8) is 0 Å². The Balaban J connectivity index is 2.44. The first-order valence-corrected chi connectivity index (χ1v) is 3.59. The summed E-state index contributed by atoms with van der Waals surface area (Å²) in [7, 11) is 0. The molecule has 10 heavy (non-hydrogen) atoms. The highest BCUT2D eigenvalue weighted by molar-refractivity contribution is 5.46. The number of nitrogens with zero attached hydrogens (tertiary/aromatic N) is 1. The van der Waals surface area contributed by atoms with Gasteiger partial charge in [0.25, 0.3) is 0 Å². The third kappa shape index (κ3) is 0.701. The molecule has 0 aromatic carbocycles. The molecule has 3 heteroatoms. The molecule has 1 heterocycles. The van der Waals surface area contributed by atoms with Crippen LogP contribution in [0.15, 0.2) is 0 Å². The second-order valence-corrected chi connectivity index (χ2v) is 2.92. The van der Waals surface area contributed by atoms with Crippen molar-refractivity contribution in [1.29, 1.82) is 0 Å². The molecule has 1 aliphatic rings. The average Bonchev–Trinajstić information content (AvgIpc) is 2.64. The summed E-state index contributed by atoms with van der Waals surface area (Å²) >= 11 is 0. The third-order valence-corrected chi connectivity index (χ3v) is 2.01. The van der Waals surface area contributed by atoms with Gasteiger partial charge in [-0.05, 0) is 25.7 Å². The number of rotatable bonds is 1. The maximum atomic E-state index is 5.64. The number of nitrogen functional groups attached to an aromatic ring is 1. The molecule has 0 radical (unpaired) electrons. The Hall–Kier alpha value is -0.990. The van der Waals surface area contributed by atoms with Gasteiger partial charge in [0.05, 0.1) is 0 Å². The molecule has 1 aliphatic carbocycles. The number of anilines is 1. The van der Waals surface area contributed by atoms with Crippen LogP contribution in [0.3, 0.4) is 0 Å². The van der Waals surface area contributed by atoms with Crippen LogP contribution >= 0.6 is 0 Å². The summed E-state index contributed by atoms with van der Waals surface area (Å²) < 4.78 is 0. The molecule has 0 spiro atoms. The quantitative estimate of drug-likeness (QED) is 0.610. The first kappa shape index (κ1) is 5.77. The summed E-state index contributed by atoms with van der Waals surface area (Å²) in [5.74, 6) is 1.40. The smallest absolute Gasteiger partial charge is 0.148 e. The molecule has 1 aromatic rings. The van der Waals surface area contributed by atoms with E-state index >= 15 is 0 Å². The van der Waals surface area contributed by atoms with Crippen molar-refractivity contribution in [2.24, 2.45) is 0 Å². The summed E-state index contributed by atoms with van der Waals surface area (Å²) in [5.41, 5.74) is 8.03. The van der Waals surface area contributed by atoms with Gasteiger partial charge in [-0.15, -0.1) is 0 Å². The zero-order valence-electron chi connectivity index (χ0n) is 6.02. The standard InChI is InChI=1S/C7H11N3/c1-4-6(5-2-3-5)7(8)10-9-4/h5H,2-3H2,1H3,(H3,8,9,10). The lowest BCUT2D eigenvalue weighted by Gasteiger charge is -1.93. The third-order valence-electron chi connectivity index (χ3n) is 2.01. The van der Waals surface area contributed by atoms with Gasteiger partial charge in [-0.25, -0.2) is 0 Å². The molecule has 0 unspecified atom stereocenters. The van der Waals surface area contributed by atoms with E-state index in [0.717, 1.165) is 5.69 Å². The van der Waals surface area contributed by atoms with Gasteiger partial charge in [0.2, 0.25) is 0 Å². The fraction of sp³-hybridized carbons (Fsp3) is 0.571. The first-order chi connectivity index (χ1) is 4.79. The Morgan fingerprint density at radius 1 is 1.60 bits per heavy atom. The Morgan fingerprint density at radius 3 is 2.70 bits per heavy atom. The molecule has 1 aromatic heterocycles. The van der Waals surface area contributed by atoms with E-state index in [1.165, 1.54) is 18.4 Å². The minimum absolute atomic E-state index is 0.694. The van der Waals surface area contributed by atoms with Crippen LogP contribution in [-0.4, -0.2) is 10.2 Å². The van der Waals surface area contributed by atoms with Crippen molar-refractivity contribution in [2.75, 3.05) is 5.73 Å². The van der Waals surface area contributed by atoms with Gasteiger partial charge >= 0.3 is 0 Å². The normalized spacial score (nSPS) is 17.7. The van der Waals surface area contributed by atoms with Crippen molar-refractivity contribution in [2.45, 2.75) is 25.7 Å². The second kappa shape index (κ2) is 1.75. The first-order valence-electron chi connectivity index (χ1n) is 3.59. The molecule has 0 atom stereocenters. The van der Waals surface area contributed by atoms with E-state index in [1.54, 1.807) is 0 Å². The minimum atomic E-state index is 0.694. The van der Waals surface area contributed by atoms with Crippen LogP contribution < -0.4 is 5.73 Å². The number of aromatic amines is 1. The van der Waals surface area contributed by atoms with Crippen LogP contribution in [0.25, 0.3) is 0 Å². The van der Waals surface area contributed by atoms with E-state index in [0.29, 0.717) is 11.7 Å². The number of nitrogens with two attached hydrogens (primary N) is 1. The largest absolute Gasteiger partial charge is 0.382 e. The molecule has 1 fully saturated rings. The number of hydrogen-bond donors (Lipinski definition) is 2. The van der Waals surface area contributed by atoms with Gasteiger partial charge in [0.15, 0.2) is 0 Å². The van der Waals surface area contributed by atoms with E-state index in [1.807, 2.05) is 6.92 Å². The van der Waals surface area contributed by atoms with E-state index < -0.39 is 0 Å². The Morgan fingerprint density at radius 2 is 2.30 bits per heavy atom. The van der Waals surface area contributed by atoms with Crippen LogP contribution in [-0.2, 0) is 0 Å². The van der Waals surface area contributed by atoms with Gasteiger partial charge in [-0.3, -0.25) is 5.10 Å². The molecule has 3 N–H and O–H groups in total. The number of nitrogens with one attached hydrogen (secondary N) is 1. The highest BCUT2D eigenvalue weighted by Gasteiger charge is 2.28. The zero-order valence-corrected chi connectivity index (χ0v) is 6.02. The summed E-state index contributed by atoms with van der Waals surface area (Å²) in [6.07, 6.45) is 2.56. The Kier molecular flexibility index (Phi) is 1.01. The van der Waals surface area contributed by atoms with Crippen LogP contribution in [0, 0.1) is 6.92 Å². The maximum Gasteiger partial charge on any atom is 0.148 e. The van der Waals surface area contributed by atoms with Gasteiger partial charge < -0.3 is 5.73 Å². The molecule has 54 valence electrons. The molecule has 1 saturated carbocycles. The molecule has 2 rings (SSSR count). The number of aryl methyl sites for hydroxylation is 1. The monoisotopic (exact) mass is 137 g/mol. The fourth-order valence-corrected chi connectivity index (χ4v) is 1.34. The van der Waals surface area contributed by atoms with Crippen molar-refractivity contribution in [1.82, 2.24) is 10.2 Å². The average molecular weight is 137 g/mol. The second-order valence-electron chi connectivity index (χ2n) is 2.92. The van der Waals surface area contributed by atoms with Crippen LogP contribution in [0.2, 0.25) is 0 Å². The van der Waals surface area contributed by atoms with Gasteiger partial charge in [0.1, 0.15) is 5.82 Å². The highest BCUT2D eigenvalue weighted by Crippen LogP contribution is 2.43. The van der Waals surface area contributed by atoms with Crippen molar-refractivity contribution >= 4 is 5.82 Å². The minimum Gasteiger partial charge on any atom is -0.382 e. The summed E-state index contributed by atoms with van der Waals surface area (Å²) in [6, 6.07) is 0. The molecule has 0 bridgehead atoms. The molecule has 0 aliphatic heterocycles. The van der Waals surface area contributed by atoms with Gasteiger partial charge in [-0.2, -0.15) is 5.10 Å². The van der Waals surface area contributed by atoms with E-state index in [2.05, 4.69) is 10.2 Å². The number of aromatic nitrogens is 2. The van der Waals surface area contributed by atoms with E-state index in [-0.39, 0.29) is 0 Å². The van der Waals surface area contributed by atoms with Crippen LogP contribution in [0.5, 0.6) is 0 Å². The Bertz CT molecular complexity index is 228. The summed E-state index contributed by atoms with van der Waals surface area (Å²) in [4.78, 5) is 0.